The average Bonchev–Trinajstić information content (AvgIpc) is 2.91. The van der Waals surface area contributed by atoms with E-state index in [1.165, 1.54) is 11.3 Å². The number of para-hydroxylation sites is 1. The predicted octanol–water partition coefficient (Wildman–Crippen LogP) is 5.66. The summed E-state index contributed by atoms with van der Waals surface area (Å²) in [5.74, 6) is -0.211. The molecule has 0 bridgehead atoms. The molecule has 4 aromatic rings. The third-order valence-electron chi connectivity index (χ3n) is 3.87. The highest BCUT2D eigenvalue weighted by Gasteiger charge is 2.18. The van der Waals surface area contributed by atoms with Gasteiger partial charge in [0.1, 0.15) is 4.88 Å². The van der Waals surface area contributed by atoms with Crippen molar-refractivity contribution in [2.75, 3.05) is 5.32 Å². The van der Waals surface area contributed by atoms with Gasteiger partial charge in [-0.15, -0.1) is 11.3 Å². The molecule has 4 rings (SSSR count). The standard InChI is InChI=1S/C19H13ClN2OS/c1-11-7-8-13-15(10-11)24-18(16(13)20)19(23)22-14-6-2-4-12-5-3-9-21-17(12)14/h2-10H,1H3,(H,22,23). The van der Waals surface area contributed by atoms with Crippen molar-refractivity contribution in [1.29, 1.82) is 0 Å². The first-order valence-electron chi connectivity index (χ1n) is 7.47. The van der Waals surface area contributed by atoms with E-state index in [2.05, 4.69) is 10.3 Å². The van der Waals surface area contributed by atoms with E-state index in [0.29, 0.717) is 15.6 Å². The van der Waals surface area contributed by atoms with Crippen molar-refractivity contribution < 1.29 is 4.79 Å². The van der Waals surface area contributed by atoms with Crippen molar-refractivity contribution in [2.24, 2.45) is 0 Å². The molecule has 1 N–H and O–H groups in total. The van der Waals surface area contributed by atoms with E-state index in [4.69, 9.17) is 11.6 Å². The molecule has 0 aliphatic carbocycles. The van der Waals surface area contributed by atoms with Gasteiger partial charge in [0.05, 0.1) is 16.2 Å². The van der Waals surface area contributed by atoms with E-state index >= 15 is 0 Å². The minimum absolute atomic E-state index is 0.211. The highest BCUT2D eigenvalue weighted by molar-refractivity contribution is 7.21. The van der Waals surface area contributed by atoms with Gasteiger partial charge in [-0.3, -0.25) is 9.78 Å². The third-order valence-corrected chi connectivity index (χ3v) is 5.53. The van der Waals surface area contributed by atoms with Gasteiger partial charge in [-0.1, -0.05) is 41.9 Å². The van der Waals surface area contributed by atoms with Crippen molar-refractivity contribution >= 4 is 55.5 Å². The first-order chi connectivity index (χ1) is 11.6. The summed E-state index contributed by atoms with van der Waals surface area (Å²) in [6, 6.07) is 15.5. The van der Waals surface area contributed by atoms with Crippen LogP contribution in [0.5, 0.6) is 0 Å². The zero-order valence-corrected chi connectivity index (χ0v) is 14.4. The molecule has 3 nitrogen and oxygen atoms in total. The fourth-order valence-electron chi connectivity index (χ4n) is 2.70. The largest absolute Gasteiger partial charge is 0.319 e. The second-order valence-corrected chi connectivity index (χ2v) is 7.01. The molecule has 0 atom stereocenters. The van der Waals surface area contributed by atoms with Crippen molar-refractivity contribution in [3.8, 4) is 0 Å². The molecule has 0 radical (unpaired) electrons. The van der Waals surface area contributed by atoms with Gasteiger partial charge in [0, 0.05) is 21.7 Å². The van der Waals surface area contributed by atoms with Crippen LogP contribution in [-0.2, 0) is 0 Å². The van der Waals surface area contributed by atoms with Crippen molar-refractivity contribution in [2.45, 2.75) is 6.92 Å². The highest BCUT2D eigenvalue weighted by Crippen LogP contribution is 2.36. The number of benzene rings is 2. The fourth-order valence-corrected chi connectivity index (χ4v) is 4.21. The lowest BCUT2D eigenvalue weighted by molar-refractivity contribution is 0.103. The summed E-state index contributed by atoms with van der Waals surface area (Å²) < 4.78 is 1.01. The first-order valence-corrected chi connectivity index (χ1v) is 8.67. The molecule has 0 spiro atoms. The quantitative estimate of drug-likeness (QED) is 0.505. The number of carbonyl (C=O) groups excluding carboxylic acids is 1. The molecule has 118 valence electrons. The van der Waals surface area contributed by atoms with Gasteiger partial charge in [0.15, 0.2) is 0 Å². The molecule has 2 heterocycles. The van der Waals surface area contributed by atoms with Crippen LogP contribution in [0, 0.1) is 6.92 Å². The summed E-state index contributed by atoms with van der Waals surface area (Å²) in [7, 11) is 0. The second kappa shape index (κ2) is 5.89. The van der Waals surface area contributed by atoms with Gasteiger partial charge in [-0.25, -0.2) is 0 Å². The summed E-state index contributed by atoms with van der Waals surface area (Å²) in [5, 5.41) is 5.33. The Bertz CT molecular complexity index is 1080. The van der Waals surface area contributed by atoms with Crippen LogP contribution in [0.2, 0.25) is 5.02 Å². The van der Waals surface area contributed by atoms with E-state index in [1.807, 2.05) is 55.5 Å². The number of hydrogen-bond acceptors (Lipinski definition) is 3. The van der Waals surface area contributed by atoms with Crippen LogP contribution >= 0.6 is 22.9 Å². The number of halogens is 1. The van der Waals surface area contributed by atoms with Crippen LogP contribution in [0.3, 0.4) is 0 Å². The fraction of sp³-hybridized carbons (Fsp3) is 0.0526. The zero-order valence-electron chi connectivity index (χ0n) is 12.8. The number of rotatable bonds is 2. The Balaban J connectivity index is 1.75. The zero-order chi connectivity index (χ0) is 16.7. The Labute approximate surface area is 147 Å². The van der Waals surface area contributed by atoms with E-state index in [9.17, 15) is 4.79 Å². The maximum Gasteiger partial charge on any atom is 0.267 e. The van der Waals surface area contributed by atoms with Crippen LogP contribution in [-0.4, -0.2) is 10.9 Å². The van der Waals surface area contributed by atoms with E-state index in [0.717, 1.165) is 26.6 Å². The third kappa shape index (κ3) is 2.54. The molecule has 5 heteroatoms. The summed E-state index contributed by atoms with van der Waals surface area (Å²) >= 11 is 7.83. The molecule has 0 fully saturated rings. The lowest BCUT2D eigenvalue weighted by Gasteiger charge is -2.07. The van der Waals surface area contributed by atoms with Crippen molar-refractivity contribution in [1.82, 2.24) is 4.98 Å². The van der Waals surface area contributed by atoms with Crippen LogP contribution < -0.4 is 5.32 Å². The number of amides is 1. The van der Waals surface area contributed by atoms with E-state index < -0.39 is 0 Å². The summed E-state index contributed by atoms with van der Waals surface area (Å²) in [6.45, 7) is 2.02. The Hall–Kier alpha value is -2.43. The summed E-state index contributed by atoms with van der Waals surface area (Å²) in [5.41, 5.74) is 2.59. The number of nitrogens with zero attached hydrogens (tertiary/aromatic N) is 1. The summed E-state index contributed by atoms with van der Waals surface area (Å²) in [6.07, 6.45) is 1.72. The molecule has 2 aromatic heterocycles. The van der Waals surface area contributed by atoms with Crippen LogP contribution in [0.4, 0.5) is 5.69 Å². The van der Waals surface area contributed by atoms with Gasteiger partial charge in [0.2, 0.25) is 0 Å². The molecule has 0 saturated heterocycles. The Morgan fingerprint density at radius 1 is 1.17 bits per heavy atom. The number of carbonyl (C=O) groups is 1. The lowest BCUT2D eigenvalue weighted by atomic mass is 10.2. The first kappa shape index (κ1) is 15.1. The normalized spacial score (nSPS) is 11.1. The monoisotopic (exact) mass is 352 g/mol. The number of nitrogens with one attached hydrogen (secondary N) is 1. The van der Waals surface area contributed by atoms with Crippen molar-refractivity contribution in [3.63, 3.8) is 0 Å². The SMILES string of the molecule is Cc1ccc2c(Cl)c(C(=O)Nc3cccc4cccnc34)sc2c1. The topological polar surface area (TPSA) is 42.0 Å². The number of hydrogen-bond donors (Lipinski definition) is 1. The highest BCUT2D eigenvalue weighted by atomic mass is 35.5. The molecule has 0 aliphatic heterocycles. The van der Waals surface area contributed by atoms with Gasteiger partial charge < -0.3 is 5.32 Å². The van der Waals surface area contributed by atoms with Crippen LogP contribution in [0.25, 0.3) is 21.0 Å². The number of aromatic nitrogens is 1. The van der Waals surface area contributed by atoms with Crippen LogP contribution in [0.15, 0.2) is 54.7 Å². The van der Waals surface area contributed by atoms with Crippen LogP contribution in [0.1, 0.15) is 15.2 Å². The lowest BCUT2D eigenvalue weighted by Crippen LogP contribution is -2.11. The minimum Gasteiger partial charge on any atom is -0.319 e. The minimum atomic E-state index is -0.211. The van der Waals surface area contributed by atoms with Gasteiger partial charge in [-0.2, -0.15) is 0 Å². The average molecular weight is 353 g/mol. The number of fused-ring (bicyclic) bond motifs is 2. The Morgan fingerprint density at radius 2 is 2.00 bits per heavy atom. The van der Waals surface area contributed by atoms with Crippen molar-refractivity contribution in [3.05, 3.63) is 70.2 Å². The van der Waals surface area contributed by atoms with E-state index in [-0.39, 0.29) is 5.91 Å². The number of pyridine rings is 1. The Morgan fingerprint density at radius 3 is 2.88 bits per heavy atom. The molecule has 2 aromatic carbocycles. The molecule has 0 saturated carbocycles. The molecule has 0 unspecified atom stereocenters. The molecule has 0 aliphatic rings. The molecule has 24 heavy (non-hydrogen) atoms. The number of anilines is 1. The van der Waals surface area contributed by atoms with Gasteiger partial charge in [-0.05, 0) is 30.7 Å². The second-order valence-electron chi connectivity index (χ2n) is 5.58. The van der Waals surface area contributed by atoms with Gasteiger partial charge in [0.25, 0.3) is 5.91 Å². The predicted molar refractivity (Wildman–Crippen MR) is 101 cm³/mol. The van der Waals surface area contributed by atoms with Gasteiger partial charge >= 0.3 is 0 Å². The number of thiophene rings is 1. The smallest absolute Gasteiger partial charge is 0.267 e. The molecular formula is C19H13ClN2OS. The summed E-state index contributed by atoms with van der Waals surface area (Å²) in [4.78, 5) is 17.6. The molecule has 1 amide bonds. The Kier molecular flexibility index (Phi) is 3.71. The van der Waals surface area contributed by atoms with E-state index in [1.54, 1.807) is 6.20 Å². The molecular weight excluding hydrogens is 340 g/mol. The maximum absolute atomic E-state index is 12.7. The number of aryl methyl sites for hydroxylation is 1. The maximum atomic E-state index is 12.7.